The van der Waals surface area contributed by atoms with Crippen molar-refractivity contribution < 1.29 is 59.7 Å². The molecule has 0 aliphatic rings. The van der Waals surface area contributed by atoms with E-state index in [0.717, 1.165) is 26.4 Å². The molecule has 1 atom stereocenters. The zero-order chi connectivity index (χ0) is 21.0. The summed E-state index contributed by atoms with van der Waals surface area (Å²) in [5.41, 5.74) is -0.442. The topological polar surface area (TPSA) is 88.1 Å². The zero-order valence-electron chi connectivity index (χ0n) is 13.4. The Morgan fingerprint density at radius 1 is 0.889 bits per heavy atom. The summed E-state index contributed by atoms with van der Waals surface area (Å²) in [6.45, 7) is 0. The lowest BCUT2D eigenvalue weighted by molar-refractivity contribution is -0.208. The van der Waals surface area contributed by atoms with Gasteiger partial charge in [-0.3, -0.25) is 0 Å². The largest absolute Gasteiger partial charge is 0.493 e. The average molecular weight is 404 g/mol. The summed E-state index contributed by atoms with van der Waals surface area (Å²) in [5.74, 6) is -7.99. The Hall–Kier alpha value is -2.99. The van der Waals surface area contributed by atoms with Crippen molar-refractivity contribution >= 4 is 17.9 Å². The lowest BCUT2D eigenvalue weighted by atomic mass is 10.1. The van der Waals surface area contributed by atoms with Crippen LogP contribution in [0.25, 0.3) is 0 Å². The van der Waals surface area contributed by atoms with E-state index in [-0.39, 0.29) is 0 Å². The lowest BCUT2D eigenvalue weighted by Gasteiger charge is -2.18. The number of hydrogen-bond acceptors (Lipinski definition) is 7. The van der Waals surface area contributed by atoms with Gasteiger partial charge in [0, 0.05) is 5.56 Å². The Balaban J connectivity index is 3.23. The van der Waals surface area contributed by atoms with E-state index in [1.807, 2.05) is 0 Å². The first-order valence-corrected chi connectivity index (χ1v) is 6.63. The van der Waals surface area contributed by atoms with Gasteiger partial charge < -0.3 is 18.9 Å². The molecule has 0 spiro atoms. The molecule has 0 saturated carbocycles. The van der Waals surface area contributed by atoms with Crippen LogP contribution in [0.15, 0.2) is 18.2 Å². The second kappa shape index (κ2) is 8.14. The third kappa shape index (κ3) is 5.76. The summed E-state index contributed by atoms with van der Waals surface area (Å²) < 4.78 is 90.8. The molecule has 0 aromatic heterocycles. The fourth-order valence-corrected chi connectivity index (χ4v) is 1.62. The number of rotatable bonds is 5. The predicted octanol–water partition coefficient (Wildman–Crippen LogP) is 2.48. The molecule has 7 nitrogen and oxygen atoms in total. The molecule has 0 radical (unpaired) electrons. The van der Waals surface area contributed by atoms with E-state index in [1.54, 1.807) is 0 Å². The fourth-order valence-electron chi connectivity index (χ4n) is 1.62. The molecule has 27 heavy (non-hydrogen) atoms. The summed E-state index contributed by atoms with van der Waals surface area (Å²) in [7, 11) is 1.74. The minimum atomic E-state index is -5.42. The Morgan fingerprint density at radius 2 is 1.44 bits per heavy atom. The highest BCUT2D eigenvalue weighted by atomic mass is 19.4. The summed E-state index contributed by atoms with van der Waals surface area (Å²) in [5, 5.41) is 0. The van der Waals surface area contributed by atoms with Crippen LogP contribution in [0.4, 0.5) is 26.3 Å². The van der Waals surface area contributed by atoms with Gasteiger partial charge in [-0.2, -0.15) is 26.3 Å². The van der Waals surface area contributed by atoms with Gasteiger partial charge in [-0.15, -0.1) is 0 Å². The number of alkyl halides is 6. The molecule has 1 aromatic carbocycles. The van der Waals surface area contributed by atoms with Crippen molar-refractivity contribution in [2.45, 2.75) is 18.5 Å². The molecule has 0 aliphatic carbocycles. The van der Waals surface area contributed by atoms with Crippen LogP contribution in [-0.2, 0) is 23.9 Å². The van der Waals surface area contributed by atoms with Crippen molar-refractivity contribution in [1.82, 2.24) is 0 Å². The fraction of sp³-hybridized carbons (Fsp3) is 0.357. The molecule has 0 heterocycles. The summed E-state index contributed by atoms with van der Waals surface area (Å²) in [6.07, 6.45) is -12.9. The Morgan fingerprint density at radius 3 is 1.89 bits per heavy atom. The maximum atomic E-state index is 12.3. The number of ether oxygens (including phenoxy) is 4. The number of esters is 3. The van der Waals surface area contributed by atoms with Crippen molar-refractivity contribution in [3.63, 3.8) is 0 Å². The molecule has 0 bridgehead atoms. The van der Waals surface area contributed by atoms with Crippen LogP contribution >= 0.6 is 0 Å². The van der Waals surface area contributed by atoms with Crippen molar-refractivity contribution in [3.8, 4) is 11.5 Å². The quantitative estimate of drug-likeness (QED) is 0.423. The highest BCUT2D eigenvalue weighted by Crippen LogP contribution is 2.34. The number of halogens is 6. The maximum Gasteiger partial charge on any atom is 0.491 e. The molecular formula is C14H10F6O7. The predicted molar refractivity (Wildman–Crippen MR) is 71.6 cm³/mol. The van der Waals surface area contributed by atoms with Gasteiger partial charge in [0.2, 0.25) is 6.10 Å². The molecule has 0 aliphatic heterocycles. The number of methoxy groups -OCH3 is 2. The zero-order valence-corrected chi connectivity index (χ0v) is 13.4. The first-order chi connectivity index (χ1) is 12.3. The van der Waals surface area contributed by atoms with E-state index < -0.39 is 53.4 Å². The molecule has 150 valence electrons. The van der Waals surface area contributed by atoms with Crippen molar-refractivity contribution in [3.05, 3.63) is 23.8 Å². The molecule has 13 heteroatoms. The highest BCUT2D eigenvalue weighted by Gasteiger charge is 2.44. The third-order valence-corrected chi connectivity index (χ3v) is 2.80. The Labute approximate surface area is 146 Å². The molecule has 1 rings (SSSR count). The van der Waals surface area contributed by atoms with Crippen molar-refractivity contribution in [2.24, 2.45) is 0 Å². The van der Waals surface area contributed by atoms with Crippen LogP contribution < -0.4 is 9.47 Å². The summed E-state index contributed by atoms with van der Waals surface area (Å²) in [4.78, 5) is 33.5. The molecule has 0 fully saturated rings. The standard InChI is InChI=1S/C14H10F6O7/c1-24-8-5-6(3-4-7(8)26-11(22)13(15,16)17)9(10(21)25-2)27-12(23)14(18,19)20/h3-5,9H,1-2H3. The number of carbonyl (C=O) groups is 3. The van der Waals surface area contributed by atoms with E-state index in [1.165, 1.54) is 0 Å². The second-order valence-corrected chi connectivity index (χ2v) is 4.60. The van der Waals surface area contributed by atoms with E-state index in [2.05, 4.69) is 18.9 Å². The van der Waals surface area contributed by atoms with Crippen molar-refractivity contribution in [2.75, 3.05) is 14.2 Å². The Kier molecular flexibility index (Phi) is 6.65. The Bertz CT molecular complexity index is 726. The van der Waals surface area contributed by atoms with Crippen LogP contribution in [0.3, 0.4) is 0 Å². The third-order valence-electron chi connectivity index (χ3n) is 2.80. The monoisotopic (exact) mass is 404 g/mol. The van der Waals surface area contributed by atoms with E-state index in [9.17, 15) is 40.7 Å². The van der Waals surface area contributed by atoms with Gasteiger partial charge in [0.15, 0.2) is 11.5 Å². The minimum Gasteiger partial charge on any atom is -0.493 e. The lowest BCUT2D eigenvalue weighted by Crippen LogP contribution is -2.30. The van der Waals surface area contributed by atoms with Crippen LogP contribution in [0.1, 0.15) is 11.7 Å². The van der Waals surface area contributed by atoms with Crippen LogP contribution in [0.2, 0.25) is 0 Å². The van der Waals surface area contributed by atoms with Crippen LogP contribution in [0, 0.1) is 0 Å². The van der Waals surface area contributed by atoms with E-state index in [0.29, 0.717) is 6.07 Å². The van der Waals surface area contributed by atoms with E-state index in [4.69, 9.17) is 0 Å². The molecule has 0 saturated heterocycles. The maximum absolute atomic E-state index is 12.3. The average Bonchev–Trinajstić information content (AvgIpc) is 2.57. The molecular weight excluding hydrogens is 394 g/mol. The second-order valence-electron chi connectivity index (χ2n) is 4.60. The first kappa shape index (κ1) is 22.1. The van der Waals surface area contributed by atoms with Gasteiger partial charge in [0.25, 0.3) is 0 Å². The molecule has 1 unspecified atom stereocenters. The van der Waals surface area contributed by atoms with Crippen LogP contribution in [0.5, 0.6) is 11.5 Å². The first-order valence-electron chi connectivity index (χ1n) is 6.63. The van der Waals surface area contributed by atoms with Crippen molar-refractivity contribution in [1.29, 1.82) is 0 Å². The number of carbonyl (C=O) groups excluding carboxylic acids is 3. The van der Waals surface area contributed by atoms with Gasteiger partial charge in [0.1, 0.15) is 0 Å². The number of benzene rings is 1. The molecule has 1 aromatic rings. The van der Waals surface area contributed by atoms with Crippen LogP contribution in [-0.4, -0.2) is 44.5 Å². The van der Waals surface area contributed by atoms with Gasteiger partial charge in [-0.05, 0) is 12.1 Å². The van der Waals surface area contributed by atoms with E-state index >= 15 is 0 Å². The van der Waals surface area contributed by atoms with Gasteiger partial charge in [-0.25, -0.2) is 14.4 Å². The normalized spacial score (nSPS) is 12.7. The smallest absolute Gasteiger partial charge is 0.491 e. The minimum absolute atomic E-state index is 0.442. The van der Waals surface area contributed by atoms with Gasteiger partial charge in [-0.1, -0.05) is 6.07 Å². The number of hydrogen-bond donors (Lipinski definition) is 0. The summed E-state index contributed by atoms with van der Waals surface area (Å²) >= 11 is 0. The van der Waals surface area contributed by atoms with Gasteiger partial charge >= 0.3 is 30.3 Å². The molecule has 0 N–H and O–H groups in total. The molecule has 0 amide bonds. The SMILES string of the molecule is COC(=O)C(OC(=O)C(F)(F)F)c1ccc(OC(=O)C(F)(F)F)c(OC)c1. The van der Waals surface area contributed by atoms with Gasteiger partial charge in [0.05, 0.1) is 14.2 Å². The highest BCUT2D eigenvalue weighted by molar-refractivity contribution is 5.83. The summed E-state index contributed by atoms with van der Waals surface area (Å²) in [6, 6.07) is 2.23.